The number of benzene rings is 2. The van der Waals surface area contributed by atoms with E-state index in [9.17, 15) is 8.42 Å². The molecule has 4 nitrogen and oxygen atoms in total. The van der Waals surface area contributed by atoms with E-state index in [2.05, 4.69) is 42.3 Å². The molecule has 29 heavy (non-hydrogen) atoms. The van der Waals surface area contributed by atoms with Crippen LogP contribution < -0.4 is 4.90 Å². The Morgan fingerprint density at radius 3 is 2.52 bits per heavy atom. The molecule has 2 aromatic carbocycles. The largest absolute Gasteiger partial charge is 0.348 e. The Morgan fingerprint density at radius 2 is 1.83 bits per heavy atom. The molecule has 152 valence electrons. The van der Waals surface area contributed by atoms with Gasteiger partial charge in [0.25, 0.3) is 0 Å². The van der Waals surface area contributed by atoms with E-state index in [4.69, 9.17) is 16.6 Å². The van der Waals surface area contributed by atoms with Crippen molar-refractivity contribution < 1.29 is 8.42 Å². The predicted octanol–water partition coefficient (Wildman–Crippen LogP) is 5.52. The van der Waals surface area contributed by atoms with Crippen LogP contribution in [0.3, 0.4) is 0 Å². The van der Waals surface area contributed by atoms with Crippen LogP contribution in [0.5, 0.6) is 0 Å². The molecule has 1 aliphatic heterocycles. The van der Waals surface area contributed by atoms with Gasteiger partial charge in [-0.25, -0.2) is 13.4 Å². The lowest BCUT2D eigenvalue weighted by atomic mass is 10.1. The third-order valence-electron chi connectivity index (χ3n) is 5.57. The second-order valence-corrected chi connectivity index (χ2v) is 11.0. The average molecular weight is 447 g/mol. The van der Waals surface area contributed by atoms with E-state index in [1.54, 1.807) is 35.6 Å². The second kappa shape index (κ2) is 8.09. The molecule has 2 heterocycles. The summed E-state index contributed by atoms with van der Waals surface area (Å²) in [6.07, 6.45) is 1.18. The first-order valence-corrected chi connectivity index (χ1v) is 12.4. The third-order valence-corrected chi connectivity index (χ3v) is 8.97. The smallest absolute Gasteiger partial charge is 0.185 e. The lowest BCUT2D eigenvalue weighted by molar-refractivity contribution is 0.529. The zero-order chi connectivity index (χ0) is 20.6. The molecule has 0 saturated carbocycles. The highest BCUT2D eigenvalue weighted by atomic mass is 35.5. The van der Waals surface area contributed by atoms with Gasteiger partial charge in [0.05, 0.1) is 15.8 Å². The number of thiazole rings is 1. The van der Waals surface area contributed by atoms with Crippen molar-refractivity contribution in [2.75, 3.05) is 18.0 Å². The first-order valence-electron chi connectivity index (χ1n) is 9.62. The molecule has 0 radical (unpaired) electrons. The van der Waals surface area contributed by atoms with Crippen molar-refractivity contribution in [1.82, 2.24) is 4.98 Å². The number of hydrogen-bond acceptors (Lipinski definition) is 5. The zero-order valence-corrected chi connectivity index (χ0v) is 18.8. The van der Waals surface area contributed by atoms with Crippen LogP contribution in [0, 0.1) is 13.8 Å². The standard InChI is InChI=1S/C22H23ClN2O2S2/c1-15-6-7-17(12-16(15)2)21-14-28-22(24-21)25-10-8-19(9-11-25)29(26,27)20-5-3-4-18(23)13-20/h3-7,12-14,19H,8-11H2,1-2H3. The minimum atomic E-state index is -3.36. The van der Waals surface area contributed by atoms with Crippen LogP contribution in [0.2, 0.25) is 5.02 Å². The van der Waals surface area contributed by atoms with Crippen molar-refractivity contribution in [3.05, 3.63) is 64.0 Å². The quantitative estimate of drug-likeness (QED) is 0.529. The summed E-state index contributed by atoms with van der Waals surface area (Å²) in [5.41, 5.74) is 4.62. The fourth-order valence-electron chi connectivity index (χ4n) is 3.64. The number of hydrogen-bond donors (Lipinski definition) is 0. The van der Waals surface area contributed by atoms with Crippen LogP contribution in [0.1, 0.15) is 24.0 Å². The van der Waals surface area contributed by atoms with Gasteiger partial charge in [0, 0.05) is 29.1 Å². The van der Waals surface area contributed by atoms with Crippen molar-refractivity contribution in [2.45, 2.75) is 36.8 Å². The van der Waals surface area contributed by atoms with Crippen LogP contribution in [-0.2, 0) is 9.84 Å². The summed E-state index contributed by atoms with van der Waals surface area (Å²) in [7, 11) is -3.36. The summed E-state index contributed by atoms with van der Waals surface area (Å²) < 4.78 is 25.9. The number of aromatic nitrogens is 1. The summed E-state index contributed by atoms with van der Waals surface area (Å²) in [4.78, 5) is 7.32. The zero-order valence-electron chi connectivity index (χ0n) is 16.4. The number of halogens is 1. The molecule has 4 rings (SSSR count). The maximum atomic E-state index is 12.9. The molecule has 0 N–H and O–H groups in total. The SMILES string of the molecule is Cc1ccc(-c2csc(N3CCC(S(=O)(=O)c4cccc(Cl)c4)CC3)n2)cc1C. The molecule has 0 bridgehead atoms. The molecule has 1 aliphatic rings. The number of aryl methyl sites for hydroxylation is 2. The minimum absolute atomic E-state index is 0.315. The highest BCUT2D eigenvalue weighted by Crippen LogP contribution is 2.32. The van der Waals surface area contributed by atoms with Crippen LogP contribution in [0.15, 0.2) is 52.7 Å². The van der Waals surface area contributed by atoms with Gasteiger partial charge in [0.2, 0.25) is 0 Å². The normalized spacial score (nSPS) is 15.6. The van der Waals surface area contributed by atoms with Crippen LogP contribution in [0.25, 0.3) is 11.3 Å². The fourth-order valence-corrected chi connectivity index (χ4v) is 6.56. The molecule has 0 amide bonds. The topological polar surface area (TPSA) is 50.3 Å². The van der Waals surface area contributed by atoms with Gasteiger partial charge in [-0.05, 0) is 62.1 Å². The van der Waals surface area contributed by atoms with E-state index in [1.807, 2.05) is 0 Å². The van der Waals surface area contributed by atoms with E-state index in [1.165, 1.54) is 11.1 Å². The number of rotatable bonds is 4. The van der Waals surface area contributed by atoms with Crippen LogP contribution in [-0.4, -0.2) is 31.7 Å². The van der Waals surface area contributed by atoms with Gasteiger partial charge < -0.3 is 4.90 Å². The molecule has 0 atom stereocenters. The van der Waals surface area contributed by atoms with Crippen molar-refractivity contribution in [2.24, 2.45) is 0 Å². The summed E-state index contributed by atoms with van der Waals surface area (Å²) >= 11 is 7.60. The Labute approximate surface area is 181 Å². The summed E-state index contributed by atoms with van der Waals surface area (Å²) in [5, 5.41) is 3.10. The summed E-state index contributed by atoms with van der Waals surface area (Å²) in [5.74, 6) is 0. The van der Waals surface area contributed by atoms with Gasteiger partial charge >= 0.3 is 0 Å². The van der Waals surface area contributed by atoms with Gasteiger partial charge in [-0.1, -0.05) is 29.8 Å². The molecule has 1 saturated heterocycles. The Kier molecular flexibility index (Phi) is 5.69. The number of nitrogens with zero attached hydrogens (tertiary/aromatic N) is 2. The summed E-state index contributed by atoms with van der Waals surface area (Å²) in [6.45, 7) is 5.58. The molecule has 1 aromatic heterocycles. The van der Waals surface area contributed by atoms with Gasteiger partial charge in [-0.3, -0.25) is 0 Å². The molecule has 0 spiro atoms. The summed E-state index contributed by atoms with van der Waals surface area (Å²) in [6, 6.07) is 12.9. The van der Waals surface area contributed by atoms with E-state index in [0.29, 0.717) is 35.8 Å². The first-order chi connectivity index (χ1) is 13.8. The van der Waals surface area contributed by atoms with Gasteiger partial charge in [-0.2, -0.15) is 0 Å². The van der Waals surface area contributed by atoms with Crippen molar-refractivity contribution >= 4 is 37.9 Å². The molecular formula is C22H23ClN2O2S2. The number of anilines is 1. The highest BCUT2D eigenvalue weighted by molar-refractivity contribution is 7.92. The van der Waals surface area contributed by atoms with Crippen molar-refractivity contribution in [3.8, 4) is 11.3 Å². The van der Waals surface area contributed by atoms with E-state index in [-0.39, 0.29) is 5.25 Å². The number of sulfone groups is 1. The van der Waals surface area contributed by atoms with E-state index in [0.717, 1.165) is 16.4 Å². The van der Waals surface area contributed by atoms with Crippen LogP contribution in [0.4, 0.5) is 5.13 Å². The second-order valence-electron chi connectivity index (χ2n) is 7.50. The highest BCUT2D eigenvalue weighted by Gasteiger charge is 2.32. The molecule has 0 aliphatic carbocycles. The van der Waals surface area contributed by atoms with E-state index < -0.39 is 9.84 Å². The monoisotopic (exact) mass is 446 g/mol. The van der Waals surface area contributed by atoms with Gasteiger partial charge in [0.1, 0.15) is 0 Å². The fraction of sp³-hybridized carbons (Fsp3) is 0.318. The molecule has 3 aromatic rings. The molecule has 0 unspecified atom stereocenters. The maximum Gasteiger partial charge on any atom is 0.185 e. The Balaban J connectivity index is 1.46. The maximum absolute atomic E-state index is 12.9. The Bertz CT molecular complexity index is 1130. The number of piperidine rings is 1. The van der Waals surface area contributed by atoms with Crippen molar-refractivity contribution in [1.29, 1.82) is 0 Å². The Morgan fingerprint density at radius 1 is 1.07 bits per heavy atom. The Hall–Kier alpha value is -1.89. The lowest BCUT2D eigenvalue weighted by Crippen LogP contribution is -2.39. The first kappa shape index (κ1) is 20.4. The van der Waals surface area contributed by atoms with Gasteiger partial charge in [0.15, 0.2) is 15.0 Å². The van der Waals surface area contributed by atoms with Gasteiger partial charge in [-0.15, -0.1) is 11.3 Å². The van der Waals surface area contributed by atoms with Crippen LogP contribution >= 0.6 is 22.9 Å². The van der Waals surface area contributed by atoms with Crippen molar-refractivity contribution in [3.63, 3.8) is 0 Å². The third kappa shape index (κ3) is 4.20. The predicted molar refractivity (Wildman–Crippen MR) is 121 cm³/mol. The average Bonchev–Trinajstić information content (AvgIpc) is 3.20. The molecular weight excluding hydrogens is 424 g/mol. The lowest BCUT2D eigenvalue weighted by Gasteiger charge is -2.31. The molecule has 1 fully saturated rings. The van der Waals surface area contributed by atoms with E-state index >= 15 is 0 Å². The minimum Gasteiger partial charge on any atom is -0.348 e. The molecule has 7 heteroatoms.